The van der Waals surface area contributed by atoms with Crippen molar-refractivity contribution in [1.29, 1.82) is 0 Å². The molecule has 20 nitrogen and oxygen atoms in total. The number of fused-ring (bicyclic) bond motifs is 5. The molecule has 4 bridgehead atoms. The molecule has 366 valence electrons. The largest absolute Gasteiger partial charge is 0.465 e. The molecule has 1 spiro atoms. The number of aliphatic hydroxyl groups excluding tert-OH is 1. The van der Waals surface area contributed by atoms with Crippen LogP contribution < -0.4 is 5.56 Å². The third-order valence-corrected chi connectivity index (χ3v) is 13.8. The van der Waals surface area contributed by atoms with Crippen molar-refractivity contribution >= 4 is 41.8 Å². The van der Waals surface area contributed by atoms with Gasteiger partial charge >= 0.3 is 41.8 Å². The number of esters is 7. The molecule has 4 aliphatic rings. The van der Waals surface area contributed by atoms with E-state index in [9.17, 15) is 48.6 Å². The zero-order chi connectivity index (χ0) is 49.9. The van der Waals surface area contributed by atoms with Crippen LogP contribution in [0, 0.1) is 35.0 Å². The van der Waals surface area contributed by atoms with Crippen molar-refractivity contribution in [2.24, 2.45) is 42.1 Å². The molecular formula is C47H60N2O18. The molecule has 2 aromatic heterocycles. The molecule has 0 aromatic carbocycles. The van der Waals surface area contributed by atoms with Crippen LogP contribution in [0.3, 0.4) is 0 Å². The Labute approximate surface area is 386 Å². The van der Waals surface area contributed by atoms with Gasteiger partial charge in [-0.3, -0.25) is 33.8 Å². The first kappa shape index (κ1) is 50.7. The van der Waals surface area contributed by atoms with E-state index in [1.807, 2.05) is 0 Å². The molecule has 2 saturated carbocycles. The highest BCUT2D eigenvalue weighted by molar-refractivity contribution is 5.91. The zero-order valence-electron chi connectivity index (χ0n) is 39.6. The Balaban J connectivity index is 1.78. The average Bonchev–Trinajstić information content (AvgIpc) is 3.48. The summed E-state index contributed by atoms with van der Waals surface area (Å²) in [6.07, 6.45) is -9.02. The number of ether oxygens (including phenoxy) is 8. The quantitative estimate of drug-likeness (QED) is 0.256. The summed E-state index contributed by atoms with van der Waals surface area (Å²) in [5, 5.41) is 27.3. The number of hydrogen-bond acceptors (Lipinski definition) is 19. The number of hydrogen-bond donors (Lipinski definition) is 2. The lowest BCUT2D eigenvalue weighted by molar-refractivity contribution is -0.386. The summed E-state index contributed by atoms with van der Waals surface area (Å²) in [6.45, 7) is 13.7. The van der Waals surface area contributed by atoms with Crippen molar-refractivity contribution in [3.63, 3.8) is 0 Å². The van der Waals surface area contributed by atoms with E-state index in [0.29, 0.717) is 5.56 Å². The summed E-state index contributed by atoms with van der Waals surface area (Å²) >= 11 is 0. The van der Waals surface area contributed by atoms with Crippen LogP contribution >= 0.6 is 0 Å². The molecule has 0 radical (unpaired) electrons. The summed E-state index contributed by atoms with van der Waals surface area (Å²) in [4.78, 5) is 115. The average molecular weight is 941 g/mol. The van der Waals surface area contributed by atoms with Crippen molar-refractivity contribution in [3.8, 4) is 0 Å². The number of aliphatic hydroxyl groups is 2. The lowest BCUT2D eigenvalue weighted by Crippen LogP contribution is -2.89. The summed E-state index contributed by atoms with van der Waals surface area (Å²) < 4.78 is 51.3. The van der Waals surface area contributed by atoms with Crippen molar-refractivity contribution in [3.05, 3.63) is 63.8 Å². The maximum Gasteiger partial charge on any atom is 0.340 e. The molecule has 2 N–H and O–H groups in total. The van der Waals surface area contributed by atoms with E-state index in [2.05, 4.69) is 4.98 Å². The fourth-order valence-electron chi connectivity index (χ4n) is 9.99. The fraction of sp³-hybridized carbons (Fsp3) is 0.638. The van der Waals surface area contributed by atoms with Crippen molar-refractivity contribution in [2.75, 3.05) is 13.2 Å². The SMILES string of the molecule is CC(=O)O[C@@H]1[C@H]2[C@@H](OC(=O)C(C)C)[C@@H](OC(=O)C(C)C)[C@]3(COC(=O)C(C)C)[C@@H](O)[C@@H](OC(=O)c4ccc(=O)n(C)c4)[C@@H]4OC(=O)[C@@H](C)[C@@H](C)c5ccncc5C(=O)OC[C@]2(C)O[C@]13[C@@]4(C)O. The van der Waals surface area contributed by atoms with E-state index in [-0.39, 0.29) is 11.1 Å². The van der Waals surface area contributed by atoms with Crippen LogP contribution in [0.2, 0.25) is 0 Å². The Bertz CT molecular complexity index is 2380. The Morgan fingerprint density at radius 1 is 0.851 bits per heavy atom. The molecule has 0 amide bonds. The maximum atomic E-state index is 14.7. The van der Waals surface area contributed by atoms with E-state index in [0.717, 1.165) is 36.7 Å². The predicted molar refractivity (Wildman–Crippen MR) is 228 cm³/mol. The van der Waals surface area contributed by atoms with E-state index in [4.69, 9.17) is 37.9 Å². The highest BCUT2D eigenvalue weighted by atomic mass is 16.7. The van der Waals surface area contributed by atoms with Crippen molar-refractivity contribution in [2.45, 2.75) is 136 Å². The van der Waals surface area contributed by atoms with Gasteiger partial charge < -0.3 is 52.7 Å². The van der Waals surface area contributed by atoms with Crippen LogP contribution in [0.5, 0.6) is 0 Å². The van der Waals surface area contributed by atoms with E-state index in [1.165, 1.54) is 80.9 Å². The number of carbonyl (C=O) groups is 7. The van der Waals surface area contributed by atoms with Gasteiger partial charge in [0, 0.05) is 38.6 Å². The van der Waals surface area contributed by atoms with Gasteiger partial charge in [-0.2, -0.15) is 0 Å². The topological polar surface area (TPSA) is 269 Å². The number of carbonyl (C=O) groups excluding carboxylic acids is 7. The molecule has 20 heteroatoms. The number of aryl methyl sites for hydroxylation is 1. The standard InChI is InChI=1S/C47H60N2O18/c1-21(2)38(53)61-20-46-34(52)33(64-42(57)27-13-14-30(51)49(12)18-27)36-45(11,59)47(46)35(62-26(9)50)31(32(63-39(54)22(3)4)37(46)66-40(55)23(5)6)44(10,67-47)19-60-43(58)29-17-48-16-15-28(29)24(7)25(8)41(56)65-36/h13-18,21-25,31-37,52,59H,19-20H2,1-12H3/t24-,25+,31-,32-,33-,34+,35-,36+,37-,44+,45+,46+,47+/m1/s1. The van der Waals surface area contributed by atoms with Gasteiger partial charge in [-0.05, 0) is 37.5 Å². The lowest BCUT2D eigenvalue weighted by atomic mass is 9.45. The minimum atomic E-state index is -2.91. The molecule has 2 aromatic rings. The van der Waals surface area contributed by atoms with Gasteiger partial charge in [0.05, 0.1) is 40.7 Å². The smallest absolute Gasteiger partial charge is 0.340 e. The first-order chi connectivity index (χ1) is 31.2. The molecule has 67 heavy (non-hydrogen) atoms. The Morgan fingerprint density at radius 2 is 1.48 bits per heavy atom. The summed E-state index contributed by atoms with van der Waals surface area (Å²) in [7, 11) is 1.36. The van der Waals surface area contributed by atoms with Crippen LogP contribution in [-0.4, -0.2) is 128 Å². The van der Waals surface area contributed by atoms with Gasteiger partial charge in [0.15, 0.2) is 23.9 Å². The number of nitrogens with zero attached hydrogens (tertiary/aromatic N) is 2. The van der Waals surface area contributed by atoms with E-state index >= 15 is 0 Å². The first-order valence-electron chi connectivity index (χ1n) is 22.2. The van der Waals surface area contributed by atoms with Crippen molar-refractivity contribution < 1.29 is 81.7 Å². The molecule has 3 fully saturated rings. The fourth-order valence-corrected chi connectivity index (χ4v) is 9.99. The minimum Gasteiger partial charge on any atom is -0.465 e. The van der Waals surface area contributed by atoms with Gasteiger partial charge in [0.25, 0.3) is 0 Å². The van der Waals surface area contributed by atoms with Gasteiger partial charge in [0.2, 0.25) is 5.56 Å². The molecule has 2 aliphatic heterocycles. The van der Waals surface area contributed by atoms with Crippen LogP contribution in [0.4, 0.5) is 0 Å². The second kappa shape index (κ2) is 18.4. The molecular weight excluding hydrogens is 881 g/mol. The third kappa shape index (κ3) is 8.38. The summed E-state index contributed by atoms with van der Waals surface area (Å²) in [6, 6.07) is 3.71. The normalized spacial score (nSPS) is 34.6. The Morgan fingerprint density at radius 3 is 2.07 bits per heavy atom. The molecule has 0 unspecified atom stereocenters. The second-order valence-electron chi connectivity index (χ2n) is 19.4. The monoisotopic (exact) mass is 940 g/mol. The van der Waals surface area contributed by atoms with E-state index < -0.39 is 155 Å². The molecule has 1 saturated heterocycles. The van der Waals surface area contributed by atoms with Gasteiger partial charge in [-0.1, -0.05) is 55.4 Å². The number of cyclic esters (lactones) is 1. The maximum absolute atomic E-state index is 14.7. The third-order valence-electron chi connectivity index (χ3n) is 13.8. The first-order valence-corrected chi connectivity index (χ1v) is 22.2. The molecule has 6 rings (SSSR count). The number of pyridine rings is 2. The van der Waals surface area contributed by atoms with Gasteiger partial charge in [0.1, 0.15) is 48.1 Å². The van der Waals surface area contributed by atoms with Crippen LogP contribution in [-0.2, 0) is 68.9 Å². The van der Waals surface area contributed by atoms with Gasteiger partial charge in [-0.25, -0.2) is 9.59 Å². The lowest BCUT2D eigenvalue weighted by Gasteiger charge is -2.67. The Hall–Kier alpha value is -5.73. The van der Waals surface area contributed by atoms with Crippen LogP contribution in [0.25, 0.3) is 0 Å². The van der Waals surface area contributed by atoms with E-state index in [1.54, 1.807) is 6.92 Å². The molecule has 2 aliphatic carbocycles. The van der Waals surface area contributed by atoms with Gasteiger partial charge in [-0.15, -0.1) is 0 Å². The zero-order valence-corrected chi connectivity index (χ0v) is 39.6. The summed E-state index contributed by atoms with van der Waals surface area (Å²) in [5.41, 5.74) is -11.1. The second-order valence-corrected chi connectivity index (χ2v) is 19.4. The van der Waals surface area contributed by atoms with Crippen LogP contribution in [0.15, 0.2) is 41.6 Å². The van der Waals surface area contributed by atoms with Crippen molar-refractivity contribution in [1.82, 2.24) is 9.55 Å². The number of aromatic nitrogens is 2. The molecule has 4 heterocycles. The molecule has 13 atom stereocenters. The predicted octanol–water partition coefficient (Wildman–Crippen LogP) is 2.36. The summed E-state index contributed by atoms with van der Waals surface area (Å²) in [5.74, 6) is -13.2. The van der Waals surface area contributed by atoms with Crippen LogP contribution in [0.1, 0.15) is 108 Å². The highest BCUT2D eigenvalue weighted by Gasteiger charge is 2.91. The minimum absolute atomic E-state index is 0.0564. The number of rotatable bonds is 10. The highest BCUT2D eigenvalue weighted by Crippen LogP contribution is 2.70. The Kier molecular flexibility index (Phi) is 13.9.